The largest absolute Gasteiger partial charge is 0.321 e. The van der Waals surface area contributed by atoms with E-state index < -0.39 is 23.4 Å². The fourth-order valence-electron chi connectivity index (χ4n) is 1.47. The molecule has 5 nitrogen and oxygen atoms in total. The molecule has 0 saturated heterocycles. The standard InChI is InChI=1S/C11H8F3N3O2/c12-6-3-5(4-7(13)10(6)14)15-11(19)8-1-2-9(18)17-16-8/h3-4H,1-2H2,(H,15,19)(H,17,18). The number of hydrazone groups is 1. The van der Waals surface area contributed by atoms with Crippen molar-refractivity contribution in [3.63, 3.8) is 0 Å². The Bertz CT molecular complexity index is 564. The van der Waals surface area contributed by atoms with Gasteiger partial charge in [-0.05, 0) is 0 Å². The van der Waals surface area contributed by atoms with Crippen LogP contribution in [0.3, 0.4) is 0 Å². The number of hydrogen-bond donors (Lipinski definition) is 2. The molecule has 1 heterocycles. The highest BCUT2D eigenvalue weighted by atomic mass is 19.2. The van der Waals surface area contributed by atoms with Gasteiger partial charge in [0, 0.05) is 30.7 Å². The third-order valence-corrected chi connectivity index (χ3v) is 2.41. The normalized spacial score (nSPS) is 14.7. The van der Waals surface area contributed by atoms with E-state index in [0.29, 0.717) is 12.1 Å². The summed E-state index contributed by atoms with van der Waals surface area (Å²) in [5.41, 5.74) is 1.89. The number of carbonyl (C=O) groups is 2. The van der Waals surface area contributed by atoms with E-state index in [0.717, 1.165) is 0 Å². The van der Waals surface area contributed by atoms with E-state index in [9.17, 15) is 22.8 Å². The van der Waals surface area contributed by atoms with Crippen LogP contribution in [0.5, 0.6) is 0 Å². The van der Waals surface area contributed by atoms with Crippen LogP contribution in [0.1, 0.15) is 12.8 Å². The van der Waals surface area contributed by atoms with Gasteiger partial charge in [-0.3, -0.25) is 9.59 Å². The quantitative estimate of drug-likeness (QED) is 0.796. The average Bonchev–Trinajstić information content (AvgIpc) is 2.36. The molecule has 2 N–H and O–H groups in total. The van der Waals surface area contributed by atoms with Crippen LogP contribution in [0, 0.1) is 17.5 Å². The molecule has 2 rings (SSSR count). The highest BCUT2D eigenvalue weighted by Gasteiger charge is 2.19. The van der Waals surface area contributed by atoms with Gasteiger partial charge in [0.15, 0.2) is 17.5 Å². The second kappa shape index (κ2) is 5.09. The van der Waals surface area contributed by atoms with Crippen molar-refractivity contribution in [3.8, 4) is 0 Å². The number of halogens is 3. The van der Waals surface area contributed by atoms with Crippen molar-refractivity contribution in [1.82, 2.24) is 5.43 Å². The number of anilines is 1. The number of nitrogens with zero attached hydrogens (tertiary/aromatic N) is 1. The number of carbonyl (C=O) groups excluding carboxylic acids is 2. The summed E-state index contributed by atoms with van der Waals surface area (Å²) in [7, 11) is 0. The molecule has 1 aliphatic heterocycles. The minimum absolute atomic E-state index is 0.0183. The maximum absolute atomic E-state index is 12.9. The summed E-state index contributed by atoms with van der Waals surface area (Å²) in [6, 6.07) is 1.30. The Morgan fingerprint density at radius 3 is 2.37 bits per heavy atom. The summed E-state index contributed by atoms with van der Waals surface area (Å²) in [5, 5.41) is 5.68. The predicted molar refractivity (Wildman–Crippen MR) is 59.8 cm³/mol. The molecule has 2 amide bonds. The summed E-state index contributed by atoms with van der Waals surface area (Å²) in [4.78, 5) is 22.5. The van der Waals surface area contributed by atoms with Crippen LogP contribution in [0.2, 0.25) is 0 Å². The molecular weight excluding hydrogens is 263 g/mol. The molecular formula is C11H8F3N3O2. The maximum Gasteiger partial charge on any atom is 0.271 e. The van der Waals surface area contributed by atoms with Gasteiger partial charge < -0.3 is 5.32 Å². The smallest absolute Gasteiger partial charge is 0.271 e. The first-order valence-electron chi connectivity index (χ1n) is 5.28. The van der Waals surface area contributed by atoms with Crippen molar-refractivity contribution in [1.29, 1.82) is 0 Å². The zero-order valence-electron chi connectivity index (χ0n) is 9.47. The third kappa shape index (κ3) is 2.90. The lowest BCUT2D eigenvalue weighted by atomic mass is 10.1. The number of benzene rings is 1. The molecule has 19 heavy (non-hydrogen) atoms. The molecule has 1 aromatic rings. The van der Waals surface area contributed by atoms with Gasteiger partial charge in [-0.2, -0.15) is 5.10 Å². The van der Waals surface area contributed by atoms with Crippen LogP contribution < -0.4 is 10.7 Å². The summed E-state index contributed by atoms with van der Waals surface area (Å²) in [5.74, 6) is -5.47. The summed E-state index contributed by atoms with van der Waals surface area (Å²) in [6.07, 6.45) is 0.211. The Morgan fingerprint density at radius 2 is 1.84 bits per heavy atom. The van der Waals surface area contributed by atoms with E-state index in [1.54, 1.807) is 0 Å². The second-order valence-corrected chi connectivity index (χ2v) is 3.80. The van der Waals surface area contributed by atoms with Gasteiger partial charge in [0.05, 0.1) is 0 Å². The second-order valence-electron chi connectivity index (χ2n) is 3.80. The van der Waals surface area contributed by atoms with Crippen LogP contribution in [-0.4, -0.2) is 17.5 Å². The van der Waals surface area contributed by atoms with E-state index in [2.05, 4.69) is 15.8 Å². The highest BCUT2D eigenvalue weighted by Crippen LogP contribution is 2.17. The van der Waals surface area contributed by atoms with Gasteiger partial charge in [0.1, 0.15) is 5.71 Å². The predicted octanol–water partition coefficient (Wildman–Crippen LogP) is 1.31. The van der Waals surface area contributed by atoms with Gasteiger partial charge >= 0.3 is 0 Å². The minimum atomic E-state index is -1.61. The minimum Gasteiger partial charge on any atom is -0.321 e. The average molecular weight is 271 g/mol. The van der Waals surface area contributed by atoms with Crippen molar-refractivity contribution in [3.05, 3.63) is 29.6 Å². The molecule has 0 saturated carbocycles. The fourth-order valence-corrected chi connectivity index (χ4v) is 1.47. The SMILES string of the molecule is O=C1CCC(C(=O)Nc2cc(F)c(F)c(F)c2)=NN1. The number of amides is 2. The van der Waals surface area contributed by atoms with Crippen molar-refractivity contribution in [2.45, 2.75) is 12.8 Å². The van der Waals surface area contributed by atoms with Crippen LogP contribution >= 0.6 is 0 Å². The van der Waals surface area contributed by atoms with Crippen LogP contribution in [0.25, 0.3) is 0 Å². The molecule has 0 aromatic heterocycles. The summed E-state index contributed by atoms with van der Waals surface area (Å²) in [6.45, 7) is 0. The van der Waals surface area contributed by atoms with Gasteiger partial charge in [0.2, 0.25) is 5.91 Å². The van der Waals surface area contributed by atoms with Crippen LogP contribution in [0.15, 0.2) is 17.2 Å². The molecule has 0 radical (unpaired) electrons. The van der Waals surface area contributed by atoms with Crippen molar-refractivity contribution in [2.24, 2.45) is 5.10 Å². The molecule has 0 bridgehead atoms. The van der Waals surface area contributed by atoms with Crippen molar-refractivity contribution >= 4 is 23.2 Å². The molecule has 0 unspecified atom stereocenters. The van der Waals surface area contributed by atoms with E-state index in [4.69, 9.17) is 0 Å². The zero-order valence-corrected chi connectivity index (χ0v) is 9.47. The Balaban J connectivity index is 2.13. The monoisotopic (exact) mass is 271 g/mol. The number of nitrogens with one attached hydrogen (secondary N) is 2. The Morgan fingerprint density at radius 1 is 1.21 bits per heavy atom. The Hall–Kier alpha value is -2.38. The first kappa shape index (κ1) is 13.1. The van der Waals surface area contributed by atoms with E-state index in [1.807, 2.05) is 0 Å². The van der Waals surface area contributed by atoms with Crippen LogP contribution in [0.4, 0.5) is 18.9 Å². The molecule has 0 aliphatic carbocycles. The fraction of sp³-hybridized carbons (Fsp3) is 0.182. The van der Waals surface area contributed by atoms with Gasteiger partial charge in [-0.1, -0.05) is 0 Å². The molecule has 1 aromatic carbocycles. The van der Waals surface area contributed by atoms with Gasteiger partial charge in [0.25, 0.3) is 5.91 Å². The third-order valence-electron chi connectivity index (χ3n) is 2.41. The summed E-state index contributed by atoms with van der Waals surface area (Å²) >= 11 is 0. The maximum atomic E-state index is 12.9. The van der Waals surface area contributed by atoms with Gasteiger partial charge in [-0.15, -0.1) is 0 Å². The lowest BCUT2D eigenvalue weighted by molar-refractivity contribution is -0.121. The van der Waals surface area contributed by atoms with Crippen molar-refractivity contribution in [2.75, 3.05) is 5.32 Å². The molecule has 0 fully saturated rings. The molecule has 0 spiro atoms. The first-order chi connectivity index (χ1) is 8.97. The Labute approximate surface area is 105 Å². The van der Waals surface area contributed by atoms with Crippen LogP contribution in [-0.2, 0) is 9.59 Å². The first-order valence-corrected chi connectivity index (χ1v) is 5.28. The van der Waals surface area contributed by atoms with E-state index in [-0.39, 0.29) is 30.1 Å². The molecule has 8 heteroatoms. The lowest BCUT2D eigenvalue weighted by Gasteiger charge is -2.12. The topological polar surface area (TPSA) is 70.6 Å². The molecule has 1 aliphatic rings. The highest BCUT2D eigenvalue weighted by molar-refractivity contribution is 6.43. The number of hydrogen-bond acceptors (Lipinski definition) is 3. The Kier molecular flexibility index (Phi) is 3.50. The molecule has 0 atom stereocenters. The van der Waals surface area contributed by atoms with Gasteiger partial charge in [-0.25, -0.2) is 18.6 Å². The van der Waals surface area contributed by atoms with E-state index >= 15 is 0 Å². The van der Waals surface area contributed by atoms with E-state index in [1.165, 1.54) is 0 Å². The van der Waals surface area contributed by atoms with Crippen molar-refractivity contribution < 1.29 is 22.8 Å². The zero-order chi connectivity index (χ0) is 14.0. The lowest BCUT2D eigenvalue weighted by Crippen LogP contribution is -2.32. The molecule has 100 valence electrons. The summed E-state index contributed by atoms with van der Waals surface area (Å²) < 4.78 is 38.6. The number of rotatable bonds is 2.